The molecule has 0 amide bonds. The fourth-order valence-corrected chi connectivity index (χ4v) is 3.25. The SMILES string of the molecule is C=C(NCc1cccc(Oc2ccc(C(F)(F)F)cc2)c1)[C@@H]1CCCN1C. The minimum absolute atomic E-state index is 0.358. The molecule has 0 radical (unpaired) electrons. The maximum absolute atomic E-state index is 12.6. The van der Waals surface area contributed by atoms with Crippen molar-refractivity contribution in [2.24, 2.45) is 0 Å². The fraction of sp³-hybridized carbons (Fsp3) is 0.333. The van der Waals surface area contributed by atoms with E-state index in [0.717, 1.165) is 36.4 Å². The van der Waals surface area contributed by atoms with Crippen molar-refractivity contribution in [3.63, 3.8) is 0 Å². The Morgan fingerprint density at radius 1 is 1.19 bits per heavy atom. The van der Waals surface area contributed by atoms with Crippen LogP contribution in [-0.2, 0) is 12.7 Å². The van der Waals surface area contributed by atoms with E-state index in [2.05, 4.69) is 23.8 Å². The van der Waals surface area contributed by atoms with E-state index in [0.29, 0.717) is 24.1 Å². The monoisotopic (exact) mass is 376 g/mol. The Morgan fingerprint density at radius 2 is 1.93 bits per heavy atom. The van der Waals surface area contributed by atoms with Crippen molar-refractivity contribution in [3.8, 4) is 11.5 Å². The molecule has 1 N–H and O–H groups in total. The van der Waals surface area contributed by atoms with Gasteiger partial charge in [0.2, 0.25) is 0 Å². The Kier molecular flexibility index (Phi) is 5.75. The zero-order chi connectivity index (χ0) is 19.4. The van der Waals surface area contributed by atoms with E-state index in [1.165, 1.54) is 18.6 Å². The molecule has 3 rings (SSSR count). The predicted molar refractivity (Wildman–Crippen MR) is 99.6 cm³/mol. The summed E-state index contributed by atoms with van der Waals surface area (Å²) < 4.78 is 43.6. The van der Waals surface area contributed by atoms with Crippen molar-refractivity contribution in [1.82, 2.24) is 10.2 Å². The van der Waals surface area contributed by atoms with E-state index in [-0.39, 0.29) is 0 Å². The number of ether oxygens (including phenoxy) is 1. The quantitative estimate of drug-likeness (QED) is 0.750. The average molecular weight is 376 g/mol. The number of nitrogens with zero attached hydrogens (tertiary/aromatic N) is 1. The van der Waals surface area contributed by atoms with Crippen LogP contribution in [0.15, 0.2) is 60.8 Å². The molecule has 3 nitrogen and oxygen atoms in total. The van der Waals surface area contributed by atoms with Gasteiger partial charge >= 0.3 is 6.18 Å². The van der Waals surface area contributed by atoms with Gasteiger partial charge in [0.05, 0.1) is 5.56 Å². The summed E-state index contributed by atoms with van der Waals surface area (Å²) in [6, 6.07) is 12.5. The van der Waals surface area contributed by atoms with Crippen molar-refractivity contribution in [3.05, 3.63) is 71.9 Å². The third-order valence-corrected chi connectivity index (χ3v) is 4.76. The van der Waals surface area contributed by atoms with Crippen LogP contribution in [-0.4, -0.2) is 24.5 Å². The standard InChI is InChI=1S/C21H23F3N2O/c1-15(20-7-4-12-26(20)2)25-14-16-5-3-6-19(13-16)27-18-10-8-17(9-11-18)21(22,23)24/h3,5-6,8-11,13,20,25H,1,4,7,12,14H2,2H3/t20-/m0/s1. The minimum atomic E-state index is -4.35. The van der Waals surface area contributed by atoms with E-state index < -0.39 is 11.7 Å². The molecule has 6 heteroatoms. The van der Waals surface area contributed by atoms with Gasteiger partial charge in [-0.3, -0.25) is 4.90 Å². The second kappa shape index (κ2) is 8.05. The summed E-state index contributed by atoms with van der Waals surface area (Å²) in [6.07, 6.45) is -2.06. The van der Waals surface area contributed by atoms with Gasteiger partial charge in [0, 0.05) is 18.3 Å². The molecule has 1 aliphatic heterocycles. The molecule has 2 aromatic carbocycles. The molecule has 2 aromatic rings. The lowest BCUT2D eigenvalue weighted by atomic mass is 10.1. The number of hydrogen-bond acceptors (Lipinski definition) is 3. The molecule has 1 heterocycles. The summed E-state index contributed by atoms with van der Waals surface area (Å²) in [6.45, 7) is 5.85. The van der Waals surface area contributed by atoms with Crippen LogP contribution in [0.5, 0.6) is 11.5 Å². The molecule has 1 aliphatic rings. The second-order valence-electron chi connectivity index (χ2n) is 6.79. The van der Waals surface area contributed by atoms with Crippen molar-refractivity contribution in [2.75, 3.05) is 13.6 Å². The number of benzene rings is 2. The van der Waals surface area contributed by atoms with Crippen molar-refractivity contribution in [2.45, 2.75) is 31.6 Å². The Hall–Kier alpha value is -2.47. The number of halogens is 3. The first-order valence-corrected chi connectivity index (χ1v) is 8.90. The predicted octanol–water partition coefficient (Wildman–Crippen LogP) is 5.20. The van der Waals surface area contributed by atoms with Crippen LogP contribution in [0.3, 0.4) is 0 Å². The normalized spacial score (nSPS) is 17.7. The maximum Gasteiger partial charge on any atom is 0.416 e. The fourth-order valence-electron chi connectivity index (χ4n) is 3.25. The van der Waals surface area contributed by atoms with E-state index in [4.69, 9.17) is 4.74 Å². The molecule has 1 fully saturated rings. The molecule has 0 saturated carbocycles. The number of rotatable bonds is 6. The number of hydrogen-bond donors (Lipinski definition) is 1. The minimum Gasteiger partial charge on any atom is -0.457 e. The highest BCUT2D eigenvalue weighted by Crippen LogP contribution is 2.31. The molecule has 1 saturated heterocycles. The van der Waals surface area contributed by atoms with Gasteiger partial charge in [-0.15, -0.1) is 0 Å². The summed E-state index contributed by atoms with van der Waals surface area (Å²) in [7, 11) is 2.10. The number of likely N-dealkylation sites (tertiary alicyclic amines) is 1. The highest BCUT2D eigenvalue weighted by atomic mass is 19.4. The Labute approximate surface area is 157 Å². The third kappa shape index (κ3) is 5.04. The summed E-state index contributed by atoms with van der Waals surface area (Å²) in [5.41, 5.74) is 1.33. The lowest BCUT2D eigenvalue weighted by Crippen LogP contribution is -2.32. The Bertz CT molecular complexity index is 787. The summed E-state index contributed by atoms with van der Waals surface area (Å²) in [5, 5.41) is 3.37. The van der Waals surface area contributed by atoms with Gasteiger partial charge < -0.3 is 10.1 Å². The molecular weight excluding hydrogens is 353 g/mol. The van der Waals surface area contributed by atoms with E-state index >= 15 is 0 Å². The molecule has 1 atom stereocenters. The molecule has 0 spiro atoms. The van der Waals surface area contributed by atoms with Gasteiger partial charge in [-0.05, 0) is 68.4 Å². The first-order chi connectivity index (χ1) is 12.8. The van der Waals surface area contributed by atoms with E-state index in [1.54, 1.807) is 6.07 Å². The highest BCUT2D eigenvalue weighted by Gasteiger charge is 2.30. The van der Waals surface area contributed by atoms with Crippen molar-refractivity contribution in [1.29, 1.82) is 0 Å². The summed E-state index contributed by atoms with van der Waals surface area (Å²) in [5.74, 6) is 0.947. The highest BCUT2D eigenvalue weighted by molar-refractivity contribution is 5.36. The topological polar surface area (TPSA) is 24.5 Å². The van der Waals surface area contributed by atoms with Crippen LogP contribution in [0.25, 0.3) is 0 Å². The lowest BCUT2D eigenvalue weighted by molar-refractivity contribution is -0.137. The number of likely N-dealkylation sites (N-methyl/N-ethyl adjacent to an activating group) is 1. The van der Waals surface area contributed by atoms with Crippen LogP contribution in [0.2, 0.25) is 0 Å². The van der Waals surface area contributed by atoms with Crippen LogP contribution < -0.4 is 10.1 Å². The van der Waals surface area contributed by atoms with Gasteiger partial charge in [0.1, 0.15) is 11.5 Å². The van der Waals surface area contributed by atoms with Gasteiger partial charge in [0.15, 0.2) is 0 Å². The van der Waals surface area contributed by atoms with E-state index in [9.17, 15) is 13.2 Å². The average Bonchev–Trinajstić information content (AvgIpc) is 3.06. The third-order valence-electron chi connectivity index (χ3n) is 4.76. The summed E-state index contributed by atoms with van der Waals surface area (Å²) in [4.78, 5) is 2.29. The zero-order valence-electron chi connectivity index (χ0n) is 15.2. The molecular formula is C21H23F3N2O. The van der Waals surface area contributed by atoms with Gasteiger partial charge in [-0.25, -0.2) is 0 Å². The van der Waals surface area contributed by atoms with Gasteiger partial charge in [-0.2, -0.15) is 13.2 Å². The molecule has 27 heavy (non-hydrogen) atoms. The van der Waals surface area contributed by atoms with Gasteiger partial charge in [-0.1, -0.05) is 18.7 Å². The zero-order valence-corrected chi connectivity index (χ0v) is 15.2. The smallest absolute Gasteiger partial charge is 0.416 e. The van der Waals surface area contributed by atoms with E-state index in [1.807, 2.05) is 18.2 Å². The first-order valence-electron chi connectivity index (χ1n) is 8.90. The second-order valence-corrected chi connectivity index (χ2v) is 6.79. The molecule has 0 bridgehead atoms. The van der Waals surface area contributed by atoms with Crippen LogP contribution >= 0.6 is 0 Å². The molecule has 144 valence electrons. The Balaban J connectivity index is 1.59. The summed E-state index contributed by atoms with van der Waals surface area (Å²) >= 11 is 0. The molecule has 0 aliphatic carbocycles. The largest absolute Gasteiger partial charge is 0.457 e. The van der Waals surface area contributed by atoms with Crippen LogP contribution in [0, 0.1) is 0 Å². The Morgan fingerprint density at radius 3 is 2.56 bits per heavy atom. The van der Waals surface area contributed by atoms with Crippen LogP contribution in [0.1, 0.15) is 24.0 Å². The van der Waals surface area contributed by atoms with Gasteiger partial charge in [0.25, 0.3) is 0 Å². The molecule has 0 aromatic heterocycles. The lowest BCUT2D eigenvalue weighted by Gasteiger charge is -2.23. The molecule has 0 unspecified atom stereocenters. The maximum atomic E-state index is 12.6. The number of nitrogens with one attached hydrogen (secondary N) is 1. The number of alkyl halides is 3. The van der Waals surface area contributed by atoms with Crippen molar-refractivity contribution >= 4 is 0 Å². The van der Waals surface area contributed by atoms with Crippen molar-refractivity contribution < 1.29 is 17.9 Å². The first kappa shape index (κ1) is 19.3. The van der Waals surface area contributed by atoms with Crippen LogP contribution in [0.4, 0.5) is 13.2 Å².